The van der Waals surface area contributed by atoms with E-state index in [0.29, 0.717) is 25.3 Å². The number of aliphatic hydroxyl groups is 1. The normalized spacial score (nSPS) is 19.0. The minimum atomic E-state index is -0.295. The molecule has 5 heteroatoms. The molecule has 1 amide bonds. The van der Waals surface area contributed by atoms with Crippen LogP contribution in [0.3, 0.4) is 0 Å². The first-order valence-electron chi connectivity index (χ1n) is 6.42. The van der Waals surface area contributed by atoms with Gasteiger partial charge in [0.2, 0.25) is 5.91 Å². The second-order valence-electron chi connectivity index (χ2n) is 4.53. The maximum atomic E-state index is 12.0. The van der Waals surface area contributed by atoms with Crippen LogP contribution in [0.15, 0.2) is 30.3 Å². The van der Waals surface area contributed by atoms with Crippen molar-refractivity contribution in [1.29, 1.82) is 5.26 Å². The molecule has 1 heterocycles. The molecule has 5 nitrogen and oxygen atoms in total. The number of carbonyl (C=O) groups is 1. The number of hydrogen-bond donors (Lipinski definition) is 1. The Hall–Kier alpha value is -2.16. The molecule has 1 saturated heterocycles. The van der Waals surface area contributed by atoms with E-state index in [-0.39, 0.29) is 18.6 Å². The van der Waals surface area contributed by atoms with Gasteiger partial charge in [-0.2, -0.15) is 5.26 Å². The summed E-state index contributed by atoms with van der Waals surface area (Å²) in [4.78, 5) is 13.7. The molecular formula is C15H16N2O3. The highest BCUT2D eigenvalue weighted by Gasteiger charge is 2.21. The summed E-state index contributed by atoms with van der Waals surface area (Å²) in [7, 11) is 0. The monoisotopic (exact) mass is 272 g/mol. The molecule has 0 saturated carbocycles. The predicted octanol–water partition coefficient (Wildman–Crippen LogP) is 0.791. The fraction of sp³-hybridized carbons (Fsp3) is 0.333. The van der Waals surface area contributed by atoms with Gasteiger partial charge in [0.15, 0.2) is 0 Å². The lowest BCUT2D eigenvalue weighted by atomic mass is 10.1. The number of rotatable bonds is 3. The summed E-state index contributed by atoms with van der Waals surface area (Å²) >= 11 is 0. The Morgan fingerprint density at radius 1 is 1.50 bits per heavy atom. The Kier molecular flexibility index (Phi) is 4.88. The van der Waals surface area contributed by atoms with E-state index in [0.717, 1.165) is 5.56 Å². The predicted molar refractivity (Wildman–Crippen MR) is 73.6 cm³/mol. The number of aliphatic hydroxyl groups excluding tert-OH is 1. The van der Waals surface area contributed by atoms with Gasteiger partial charge in [0.25, 0.3) is 0 Å². The van der Waals surface area contributed by atoms with Crippen LogP contribution in [0.5, 0.6) is 0 Å². The fourth-order valence-corrected chi connectivity index (χ4v) is 1.97. The molecule has 0 aromatic heterocycles. The standard InChI is InChI=1S/C15H16N2O3/c16-9-13-3-1-12(2-4-13)5-6-15(19)17-7-8-20-14(10-17)11-18/h1-6,14,18H,7-8,10-11H2/b6-5+. The smallest absolute Gasteiger partial charge is 0.246 e. The molecule has 1 N–H and O–H groups in total. The number of amides is 1. The average Bonchev–Trinajstić information content (AvgIpc) is 2.53. The minimum absolute atomic E-state index is 0.0802. The Morgan fingerprint density at radius 2 is 2.25 bits per heavy atom. The van der Waals surface area contributed by atoms with E-state index in [4.69, 9.17) is 15.1 Å². The van der Waals surface area contributed by atoms with Crippen molar-refractivity contribution in [3.8, 4) is 6.07 Å². The lowest BCUT2D eigenvalue weighted by Crippen LogP contribution is -2.46. The Morgan fingerprint density at radius 3 is 2.90 bits per heavy atom. The van der Waals surface area contributed by atoms with Crippen LogP contribution in [0.4, 0.5) is 0 Å². The summed E-state index contributed by atoms with van der Waals surface area (Å²) in [6, 6.07) is 9.04. The van der Waals surface area contributed by atoms with E-state index >= 15 is 0 Å². The fourth-order valence-electron chi connectivity index (χ4n) is 1.97. The Balaban J connectivity index is 1.96. The van der Waals surface area contributed by atoms with Crippen molar-refractivity contribution < 1.29 is 14.6 Å². The van der Waals surface area contributed by atoms with Crippen LogP contribution in [0.2, 0.25) is 0 Å². The molecule has 0 bridgehead atoms. The van der Waals surface area contributed by atoms with Crippen LogP contribution in [0.25, 0.3) is 6.08 Å². The van der Waals surface area contributed by atoms with Crippen LogP contribution in [0, 0.1) is 11.3 Å². The van der Waals surface area contributed by atoms with Crippen molar-refractivity contribution in [2.45, 2.75) is 6.10 Å². The second kappa shape index (κ2) is 6.85. The quantitative estimate of drug-likeness (QED) is 0.826. The van der Waals surface area contributed by atoms with Gasteiger partial charge in [0.1, 0.15) is 0 Å². The van der Waals surface area contributed by atoms with Crippen molar-refractivity contribution in [3.63, 3.8) is 0 Å². The molecule has 20 heavy (non-hydrogen) atoms. The number of benzene rings is 1. The van der Waals surface area contributed by atoms with Gasteiger partial charge in [-0.15, -0.1) is 0 Å². The van der Waals surface area contributed by atoms with Crippen molar-refractivity contribution in [2.75, 3.05) is 26.3 Å². The summed E-state index contributed by atoms with van der Waals surface area (Å²) in [6.45, 7) is 1.31. The summed E-state index contributed by atoms with van der Waals surface area (Å²) in [5.41, 5.74) is 1.46. The van der Waals surface area contributed by atoms with E-state index in [2.05, 4.69) is 0 Å². The molecular weight excluding hydrogens is 256 g/mol. The van der Waals surface area contributed by atoms with Gasteiger partial charge in [-0.1, -0.05) is 12.1 Å². The summed E-state index contributed by atoms with van der Waals surface area (Å²) in [6.07, 6.45) is 2.92. The summed E-state index contributed by atoms with van der Waals surface area (Å²) in [5.74, 6) is -0.101. The molecule has 104 valence electrons. The van der Waals surface area contributed by atoms with Crippen molar-refractivity contribution in [2.24, 2.45) is 0 Å². The molecule has 0 spiro atoms. The van der Waals surface area contributed by atoms with Crippen LogP contribution in [-0.2, 0) is 9.53 Å². The SMILES string of the molecule is N#Cc1ccc(/C=C/C(=O)N2CCOC(CO)C2)cc1. The molecule has 1 aliphatic heterocycles. The molecule has 1 unspecified atom stereocenters. The molecule has 1 aromatic rings. The highest BCUT2D eigenvalue weighted by Crippen LogP contribution is 2.08. The van der Waals surface area contributed by atoms with Gasteiger partial charge in [-0.25, -0.2) is 0 Å². The molecule has 0 radical (unpaired) electrons. The van der Waals surface area contributed by atoms with Crippen molar-refractivity contribution in [1.82, 2.24) is 4.90 Å². The Labute approximate surface area is 117 Å². The van der Waals surface area contributed by atoms with E-state index in [1.165, 1.54) is 6.08 Å². The number of hydrogen-bond acceptors (Lipinski definition) is 4. The van der Waals surface area contributed by atoms with Crippen LogP contribution < -0.4 is 0 Å². The third-order valence-electron chi connectivity index (χ3n) is 3.11. The zero-order valence-electron chi connectivity index (χ0n) is 11.0. The molecule has 1 atom stereocenters. The third-order valence-corrected chi connectivity index (χ3v) is 3.11. The van der Waals surface area contributed by atoms with Gasteiger partial charge in [-0.3, -0.25) is 4.79 Å². The van der Waals surface area contributed by atoms with Crippen molar-refractivity contribution >= 4 is 12.0 Å². The molecule has 1 aromatic carbocycles. The minimum Gasteiger partial charge on any atom is -0.394 e. The van der Waals surface area contributed by atoms with Crippen molar-refractivity contribution in [3.05, 3.63) is 41.5 Å². The lowest BCUT2D eigenvalue weighted by molar-refractivity contribution is -0.134. The highest BCUT2D eigenvalue weighted by molar-refractivity contribution is 5.91. The van der Waals surface area contributed by atoms with Gasteiger partial charge in [0.05, 0.1) is 31.0 Å². The number of nitrogens with zero attached hydrogens (tertiary/aromatic N) is 2. The van der Waals surface area contributed by atoms with Crippen LogP contribution in [-0.4, -0.2) is 48.3 Å². The molecule has 1 fully saturated rings. The molecule has 2 rings (SSSR count). The first-order chi connectivity index (χ1) is 9.72. The molecule has 1 aliphatic rings. The van der Waals surface area contributed by atoms with E-state index in [9.17, 15) is 4.79 Å². The summed E-state index contributed by atoms with van der Waals surface area (Å²) in [5, 5.41) is 17.7. The zero-order valence-corrected chi connectivity index (χ0v) is 11.0. The van der Waals surface area contributed by atoms with Gasteiger partial charge in [-0.05, 0) is 23.8 Å². The number of morpholine rings is 1. The maximum Gasteiger partial charge on any atom is 0.246 e. The number of nitriles is 1. The lowest BCUT2D eigenvalue weighted by Gasteiger charge is -2.31. The Bertz CT molecular complexity index is 531. The largest absolute Gasteiger partial charge is 0.394 e. The van der Waals surface area contributed by atoms with E-state index < -0.39 is 0 Å². The summed E-state index contributed by atoms with van der Waals surface area (Å²) < 4.78 is 5.30. The first-order valence-corrected chi connectivity index (χ1v) is 6.42. The topological polar surface area (TPSA) is 73.6 Å². The van der Waals surface area contributed by atoms with Crippen LogP contribution >= 0.6 is 0 Å². The van der Waals surface area contributed by atoms with E-state index in [1.54, 1.807) is 35.2 Å². The third kappa shape index (κ3) is 3.67. The maximum absolute atomic E-state index is 12.0. The second-order valence-corrected chi connectivity index (χ2v) is 4.53. The van der Waals surface area contributed by atoms with Gasteiger partial charge in [0, 0.05) is 19.2 Å². The average molecular weight is 272 g/mol. The first kappa shape index (κ1) is 14.3. The highest BCUT2D eigenvalue weighted by atomic mass is 16.5. The van der Waals surface area contributed by atoms with E-state index in [1.807, 2.05) is 6.07 Å². The zero-order chi connectivity index (χ0) is 14.4. The van der Waals surface area contributed by atoms with Gasteiger partial charge < -0.3 is 14.7 Å². The number of ether oxygens (including phenoxy) is 1. The van der Waals surface area contributed by atoms with Crippen LogP contribution in [0.1, 0.15) is 11.1 Å². The van der Waals surface area contributed by atoms with Gasteiger partial charge >= 0.3 is 0 Å². The molecule has 0 aliphatic carbocycles. The number of carbonyl (C=O) groups excluding carboxylic acids is 1.